The molecule has 0 spiro atoms. The van der Waals surface area contributed by atoms with E-state index in [-0.39, 0.29) is 17.7 Å². The molecule has 3 aliphatic rings. The van der Waals surface area contributed by atoms with Crippen LogP contribution in [0.15, 0.2) is 72.9 Å². The number of pyridine rings is 1. The number of thiophene rings is 1. The van der Waals surface area contributed by atoms with Gasteiger partial charge in [-0.05, 0) is 93.1 Å². The maximum absolute atomic E-state index is 13.8. The number of aromatic nitrogens is 1. The van der Waals surface area contributed by atoms with Crippen molar-refractivity contribution in [1.29, 1.82) is 0 Å². The monoisotopic (exact) mass is 591 g/mol. The van der Waals surface area contributed by atoms with Crippen molar-refractivity contribution < 1.29 is 14.4 Å². The van der Waals surface area contributed by atoms with Crippen molar-refractivity contribution in [3.63, 3.8) is 0 Å². The van der Waals surface area contributed by atoms with Crippen LogP contribution in [0, 0.1) is 0 Å². The first-order chi connectivity index (χ1) is 21.0. The minimum atomic E-state index is -0.223. The number of amides is 3. The van der Waals surface area contributed by atoms with E-state index in [0.29, 0.717) is 47.7 Å². The average Bonchev–Trinajstić information content (AvgIpc) is 3.62. The number of carbonyl (C=O) groups is 3. The molecule has 9 heteroatoms. The molecule has 0 unspecified atom stereocenters. The van der Waals surface area contributed by atoms with Gasteiger partial charge in [-0.3, -0.25) is 14.4 Å². The number of fused-ring (bicyclic) bond motifs is 3. The molecule has 1 saturated carbocycles. The SMILES string of the molecule is C[C@@H]1CCCN1c1ncccc1C(=O)Nc1ccc(C(=O)N2CCc3cc(C(=O)NC4CC4)sc3-c3ccccc32)cc1. The molecule has 1 aliphatic carbocycles. The van der Waals surface area contributed by atoms with Crippen LogP contribution in [0.2, 0.25) is 0 Å². The molecule has 4 aromatic rings. The smallest absolute Gasteiger partial charge is 0.261 e. The van der Waals surface area contributed by atoms with Crippen LogP contribution < -0.4 is 20.4 Å². The summed E-state index contributed by atoms with van der Waals surface area (Å²) in [6.45, 7) is 3.55. The predicted molar refractivity (Wildman–Crippen MR) is 170 cm³/mol. The number of nitrogens with one attached hydrogen (secondary N) is 2. The van der Waals surface area contributed by atoms with E-state index in [9.17, 15) is 14.4 Å². The normalized spacial score (nSPS) is 17.6. The zero-order valence-corrected chi connectivity index (χ0v) is 24.8. The van der Waals surface area contributed by atoms with Crippen LogP contribution in [0.3, 0.4) is 0 Å². The number of nitrogens with zero attached hydrogens (tertiary/aromatic N) is 3. The lowest BCUT2D eigenvalue weighted by molar-refractivity contribution is 0.0952. The molecular formula is C34H33N5O3S. The van der Waals surface area contributed by atoms with Crippen LogP contribution >= 0.6 is 11.3 Å². The molecule has 2 N–H and O–H groups in total. The highest BCUT2D eigenvalue weighted by Crippen LogP contribution is 2.42. The molecule has 2 fully saturated rings. The Kier molecular flexibility index (Phi) is 7.18. The Balaban J connectivity index is 1.09. The van der Waals surface area contributed by atoms with Crippen molar-refractivity contribution in [3.05, 3.63) is 94.5 Å². The molecule has 4 heterocycles. The van der Waals surface area contributed by atoms with Crippen LogP contribution in [0.1, 0.15) is 68.6 Å². The summed E-state index contributed by atoms with van der Waals surface area (Å²) >= 11 is 1.50. The van der Waals surface area contributed by atoms with Gasteiger partial charge >= 0.3 is 0 Å². The topological polar surface area (TPSA) is 94.6 Å². The Morgan fingerprint density at radius 3 is 2.51 bits per heavy atom. The molecule has 1 saturated heterocycles. The molecule has 2 aromatic carbocycles. The van der Waals surface area contributed by atoms with Crippen molar-refractivity contribution in [2.45, 2.75) is 51.1 Å². The molecule has 7 rings (SSSR count). The van der Waals surface area contributed by atoms with Crippen LogP contribution in [0.4, 0.5) is 17.2 Å². The van der Waals surface area contributed by atoms with Crippen molar-refractivity contribution in [3.8, 4) is 10.4 Å². The first kappa shape index (κ1) is 27.3. The van der Waals surface area contributed by atoms with Crippen molar-refractivity contribution in [2.75, 3.05) is 28.2 Å². The highest BCUT2D eigenvalue weighted by Gasteiger charge is 2.30. The summed E-state index contributed by atoms with van der Waals surface area (Å²) in [5, 5.41) is 6.07. The lowest BCUT2D eigenvalue weighted by atomic mass is 10.1. The molecule has 2 aliphatic heterocycles. The van der Waals surface area contributed by atoms with E-state index in [1.807, 2.05) is 35.2 Å². The van der Waals surface area contributed by atoms with E-state index in [1.165, 1.54) is 11.3 Å². The summed E-state index contributed by atoms with van der Waals surface area (Å²) in [7, 11) is 0. The minimum absolute atomic E-state index is 0.0106. The van der Waals surface area contributed by atoms with Crippen LogP contribution in [0.5, 0.6) is 0 Å². The average molecular weight is 592 g/mol. The van der Waals surface area contributed by atoms with E-state index >= 15 is 0 Å². The van der Waals surface area contributed by atoms with Crippen molar-refractivity contribution >= 4 is 46.3 Å². The van der Waals surface area contributed by atoms with Gasteiger partial charge in [0.25, 0.3) is 17.7 Å². The first-order valence-electron chi connectivity index (χ1n) is 14.9. The van der Waals surface area contributed by atoms with E-state index in [1.54, 1.807) is 42.6 Å². The van der Waals surface area contributed by atoms with E-state index in [4.69, 9.17) is 0 Å². The highest BCUT2D eigenvalue weighted by molar-refractivity contribution is 7.17. The number of rotatable bonds is 6. The summed E-state index contributed by atoms with van der Waals surface area (Å²) in [4.78, 5) is 50.1. The third kappa shape index (κ3) is 5.41. The molecule has 2 aromatic heterocycles. The van der Waals surface area contributed by atoms with Gasteiger partial charge in [-0.2, -0.15) is 0 Å². The fraction of sp³-hybridized carbons (Fsp3) is 0.294. The molecule has 1 atom stereocenters. The van der Waals surface area contributed by atoms with Crippen molar-refractivity contribution in [1.82, 2.24) is 10.3 Å². The minimum Gasteiger partial charge on any atom is -0.353 e. The lowest BCUT2D eigenvalue weighted by Gasteiger charge is -2.24. The third-order valence-electron chi connectivity index (χ3n) is 8.48. The number of carbonyl (C=O) groups excluding carboxylic acids is 3. The molecule has 43 heavy (non-hydrogen) atoms. The fourth-order valence-corrected chi connectivity index (χ4v) is 7.15. The maximum atomic E-state index is 13.8. The summed E-state index contributed by atoms with van der Waals surface area (Å²) in [5.41, 5.74) is 4.57. The zero-order valence-electron chi connectivity index (χ0n) is 24.0. The van der Waals surface area contributed by atoms with Gasteiger partial charge in [0.15, 0.2) is 0 Å². The molecule has 0 radical (unpaired) electrons. The number of benzene rings is 2. The van der Waals surface area contributed by atoms with Gasteiger partial charge in [-0.25, -0.2) is 4.98 Å². The van der Waals surface area contributed by atoms with Gasteiger partial charge in [0.05, 0.1) is 16.1 Å². The fourth-order valence-electron chi connectivity index (χ4n) is 6.00. The largest absolute Gasteiger partial charge is 0.353 e. The summed E-state index contributed by atoms with van der Waals surface area (Å²) in [6.07, 6.45) is 6.65. The second-order valence-corrected chi connectivity index (χ2v) is 12.6. The number of hydrogen-bond donors (Lipinski definition) is 2. The Morgan fingerprint density at radius 1 is 0.930 bits per heavy atom. The standard InChI is InChI=1S/C34H33N5O3S/c1-21-6-5-18-38(21)31-27(8-4-17-35-31)32(40)36-24-12-10-22(11-13-24)34(42)39-19-16-23-20-29(33(41)37-25-14-15-25)43-30(23)26-7-2-3-9-28(26)39/h2-4,7-13,17,20-21,25H,5-6,14-16,18-19H2,1H3,(H,36,40)(H,37,41)/t21-/m1/s1. The first-order valence-corrected chi connectivity index (χ1v) is 15.8. The number of anilines is 3. The molecular weight excluding hydrogens is 558 g/mol. The second kappa shape index (κ2) is 11.3. The van der Waals surface area contributed by atoms with Crippen molar-refractivity contribution in [2.24, 2.45) is 0 Å². The van der Waals surface area contributed by atoms with Crippen LogP contribution in [0.25, 0.3) is 10.4 Å². The van der Waals surface area contributed by atoms with Crippen LogP contribution in [-0.2, 0) is 6.42 Å². The second-order valence-electron chi connectivity index (χ2n) is 11.5. The summed E-state index contributed by atoms with van der Waals surface area (Å²) < 4.78 is 0. The lowest BCUT2D eigenvalue weighted by Crippen LogP contribution is -2.32. The zero-order chi connectivity index (χ0) is 29.5. The molecule has 218 valence electrons. The quantitative estimate of drug-likeness (QED) is 0.281. The van der Waals surface area contributed by atoms with E-state index < -0.39 is 0 Å². The Bertz CT molecular complexity index is 1710. The molecule has 0 bridgehead atoms. The number of hydrogen-bond acceptors (Lipinski definition) is 6. The maximum Gasteiger partial charge on any atom is 0.261 e. The summed E-state index contributed by atoms with van der Waals surface area (Å²) in [5.74, 6) is 0.369. The van der Waals surface area contributed by atoms with Gasteiger partial charge in [-0.15, -0.1) is 11.3 Å². The van der Waals surface area contributed by atoms with Gasteiger partial charge in [-0.1, -0.05) is 18.2 Å². The van der Waals surface area contributed by atoms with Gasteiger partial charge in [0, 0.05) is 53.1 Å². The third-order valence-corrected chi connectivity index (χ3v) is 9.69. The number of para-hydroxylation sites is 1. The van der Waals surface area contributed by atoms with Crippen LogP contribution in [-0.4, -0.2) is 47.9 Å². The molecule has 3 amide bonds. The summed E-state index contributed by atoms with van der Waals surface area (Å²) in [6, 6.07) is 21.2. The predicted octanol–water partition coefficient (Wildman–Crippen LogP) is 6.15. The Hall–Kier alpha value is -4.50. The van der Waals surface area contributed by atoms with Gasteiger partial charge in [0.2, 0.25) is 0 Å². The highest BCUT2D eigenvalue weighted by atomic mass is 32.1. The van der Waals surface area contributed by atoms with E-state index in [2.05, 4.69) is 27.4 Å². The van der Waals surface area contributed by atoms with Gasteiger partial charge < -0.3 is 20.4 Å². The molecule has 8 nitrogen and oxygen atoms in total. The van der Waals surface area contributed by atoms with E-state index in [0.717, 1.165) is 58.8 Å². The Morgan fingerprint density at radius 2 is 1.74 bits per heavy atom. The van der Waals surface area contributed by atoms with Gasteiger partial charge in [0.1, 0.15) is 5.82 Å². The Labute approximate surface area is 254 Å².